The van der Waals surface area contributed by atoms with Gasteiger partial charge in [-0.3, -0.25) is 10.2 Å². The quantitative estimate of drug-likeness (QED) is 0.576. The molecule has 9 nitrogen and oxygen atoms in total. The first-order valence-corrected chi connectivity index (χ1v) is 8.92. The number of aromatic nitrogens is 7. The number of nitrogens with zero attached hydrogens (tertiary/aromatic N) is 6. The van der Waals surface area contributed by atoms with E-state index in [0.717, 1.165) is 46.0 Å². The van der Waals surface area contributed by atoms with Gasteiger partial charge in [0.2, 0.25) is 0 Å². The van der Waals surface area contributed by atoms with Crippen LogP contribution in [0, 0.1) is 0 Å². The molecule has 27 heavy (non-hydrogen) atoms. The van der Waals surface area contributed by atoms with Crippen molar-refractivity contribution in [2.24, 2.45) is 7.05 Å². The summed E-state index contributed by atoms with van der Waals surface area (Å²) in [6, 6.07) is 4.26. The number of anilines is 1. The summed E-state index contributed by atoms with van der Waals surface area (Å²) in [5.41, 5.74) is 5.30. The van der Waals surface area contributed by atoms with Crippen LogP contribution in [-0.2, 0) is 11.8 Å². The molecule has 9 heteroatoms. The molecule has 4 aromatic rings. The number of rotatable bonds is 3. The van der Waals surface area contributed by atoms with Gasteiger partial charge in [0.15, 0.2) is 0 Å². The van der Waals surface area contributed by atoms with Crippen LogP contribution in [0.15, 0.2) is 30.9 Å². The zero-order valence-corrected chi connectivity index (χ0v) is 15.2. The van der Waals surface area contributed by atoms with Crippen molar-refractivity contribution in [3.8, 4) is 22.6 Å². The number of imidazole rings is 1. The van der Waals surface area contributed by atoms with Gasteiger partial charge in [0, 0.05) is 25.4 Å². The summed E-state index contributed by atoms with van der Waals surface area (Å²) < 4.78 is 7.59. The normalized spacial score (nSPS) is 17.7. The molecule has 1 saturated heterocycles. The Balaban J connectivity index is 1.76. The topological polar surface area (TPSA) is 101 Å². The van der Waals surface area contributed by atoms with Crippen molar-refractivity contribution in [2.75, 3.05) is 24.7 Å². The second-order valence-corrected chi connectivity index (χ2v) is 6.80. The Morgan fingerprint density at radius 1 is 1.26 bits per heavy atom. The maximum absolute atomic E-state index is 5.59. The minimum absolute atomic E-state index is 0.255. The van der Waals surface area contributed by atoms with E-state index in [4.69, 9.17) is 9.72 Å². The SMILES string of the molecule is C[C@@H]1COCCN1c1cc(-c2cncn2C)c2n[nH]c(-c3ccn[nH]3)c2n1. The van der Waals surface area contributed by atoms with Crippen molar-refractivity contribution < 1.29 is 4.74 Å². The number of hydrogen-bond acceptors (Lipinski definition) is 6. The molecule has 5 heterocycles. The van der Waals surface area contributed by atoms with Gasteiger partial charge in [-0.05, 0) is 19.1 Å². The lowest BCUT2D eigenvalue weighted by atomic mass is 10.1. The van der Waals surface area contributed by atoms with Gasteiger partial charge in [-0.1, -0.05) is 0 Å². The van der Waals surface area contributed by atoms with E-state index in [1.165, 1.54) is 0 Å². The van der Waals surface area contributed by atoms with E-state index in [0.29, 0.717) is 13.2 Å². The second kappa shape index (κ2) is 6.20. The Kier molecular flexibility index (Phi) is 3.68. The third kappa shape index (κ3) is 2.58. The summed E-state index contributed by atoms with van der Waals surface area (Å²) >= 11 is 0. The molecule has 0 amide bonds. The van der Waals surface area contributed by atoms with E-state index in [-0.39, 0.29) is 6.04 Å². The monoisotopic (exact) mass is 364 g/mol. The van der Waals surface area contributed by atoms with Crippen LogP contribution in [-0.4, -0.2) is 60.7 Å². The van der Waals surface area contributed by atoms with E-state index < -0.39 is 0 Å². The van der Waals surface area contributed by atoms with Gasteiger partial charge >= 0.3 is 0 Å². The van der Waals surface area contributed by atoms with E-state index in [2.05, 4.69) is 43.3 Å². The first kappa shape index (κ1) is 16.0. The lowest BCUT2D eigenvalue weighted by Crippen LogP contribution is -2.44. The van der Waals surface area contributed by atoms with Crippen molar-refractivity contribution in [1.82, 2.24) is 34.9 Å². The Morgan fingerprint density at radius 2 is 2.19 bits per heavy atom. The van der Waals surface area contributed by atoms with Crippen LogP contribution in [0.4, 0.5) is 5.82 Å². The minimum atomic E-state index is 0.255. The lowest BCUT2D eigenvalue weighted by Gasteiger charge is -2.34. The largest absolute Gasteiger partial charge is 0.377 e. The standard InChI is InChI=1S/C18H20N8O/c1-11-9-27-6-5-26(11)15-7-12(14-8-19-10-25(14)2)16-18(21-15)17(24-23-16)13-3-4-20-22-13/h3-4,7-8,10-11H,5-6,9H2,1-2H3,(H,20,22)(H,23,24)/t11-/m1/s1. The van der Waals surface area contributed by atoms with Crippen LogP contribution >= 0.6 is 0 Å². The van der Waals surface area contributed by atoms with Gasteiger partial charge < -0.3 is 14.2 Å². The molecule has 0 aromatic carbocycles. The first-order valence-electron chi connectivity index (χ1n) is 8.92. The fourth-order valence-electron chi connectivity index (χ4n) is 3.59. The van der Waals surface area contributed by atoms with Crippen LogP contribution in [0.25, 0.3) is 33.7 Å². The Bertz CT molecular complexity index is 1080. The van der Waals surface area contributed by atoms with Crippen LogP contribution < -0.4 is 4.90 Å². The Hall–Kier alpha value is -3.20. The third-order valence-electron chi connectivity index (χ3n) is 5.02. The molecule has 0 spiro atoms. The molecule has 5 rings (SSSR count). The molecular weight excluding hydrogens is 344 g/mol. The zero-order valence-electron chi connectivity index (χ0n) is 15.2. The summed E-state index contributed by atoms with van der Waals surface area (Å²) in [6.07, 6.45) is 5.37. The molecule has 0 saturated carbocycles. The Morgan fingerprint density at radius 3 is 2.93 bits per heavy atom. The highest BCUT2D eigenvalue weighted by Crippen LogP contribution is 2.34. The highest BCUT2D eigenvalue weighted by atomic mass is 16.5. The molecule has 1 aliphatic heterocycles. The van der Waals surface area contributed by atoms with Gasteiger partial charge in [0.1, 0.15) is 22.5 Å². The number of aromatic amines is 2. The number of hydrogen-bond donors (Lipinski definition) is 2. The van der Waals surface area contributed by atoms with Crippen molar-refractivity contribution in [2.45, 2.75) is 13.0 Å². The summed E-state index contributed by atoms with van der Waals surface area (Å²) in [6.45, 7) is 4.35. The Labute approximate surface area is 155 Å². The second-order valence-electron chi connectivity index (χ2n) is 6.80. The molecule has 0 aliphatic carbocycles. The van der Waals surface area contributed by atoms with Gasteiger partial charge in [-0.2, -0.15) is 10.2 Å². The summed E-state index contributed by atoms with van der Waals surface area (Å²) in [4.78, 5) is 11.5. The summed E-state index contributed by atoms with van der Waals surface area (Å²) in [5.74, 6) is 0.914. The van der Waals surface area contributed by atoms with E-state index >= 15 is 0 Å². The molecule has 0 radical (unpaired) electrons. The predicted molar refractivity (Wildman–Crippen MR) is 101 cm³/mol. The van der Waals surface area contributed by atoms with Crippen molar-refractivity contribution >= 4 is 16.9 Å². The van der Waals surface area contributed by atoms with Crippen LogP contribution in [0.1, 0.15) is 6.92 Å². The molecule has 1 atom stereocenters. The smallest absolute Gasteiger partial charge is 0.130 e. The number of nitrogens with one attached hydrogen (secondary N) is 2. The number of aryl methyl sites for hydroxylation is 1. The molecule has 138 valence electrons. The number of fused-ring (bicyclic) bond motifs is 1. The molecule has 1 fully saturated rings. The third-order valence-corrected chi connectivity index (χ3v) is 5.02. The van der Waals surface area contributed by atoms with Crippen molar-refractivity contribution in [1.29, 1.82) is 0 Å². The van der Waals surface area contributed by atoms with Gasteiger partial charge in [-0.15, -0.1) is 0 Å². The lowest BCUT2D eigenvalue weighted by molar-refractivity contribution is 0.0986. The van der Waals surface area contributed by atoms with E-state index in [1.54, 1.807) is 12.5 Å². The van der Waals surface area contributed by atoms with E-state index in [9.17, 15) is 0 Å². The van der Waals surface area contributed by atoms with Gasteiger partial charge in [0.05, 0.1) is 43.2 Å². The van der Waals surface area contributed by atoms with Crippen molar-refractivity contribution in [3.63, 3.8) is 0 Å². The van der Waals surface area contributed by atoms with Crippen LogP contribution in [0.3, 0.4) is 0 Å². The van der Waals surface area contributed by atoms with Gasteiger partial charge in [0.25, 0.3) is 0 Å². The van der Waals surface area contributed by atoms with Gasteiger partial charge in [-0.25, -0.2) is 9.97 Å². The highest BCUT2D eigenvalue weighted by Gasteiger charge is 2.24. The number of ether oxygens (including phenoxy) is 1. The molecule has 2 N–H and O–H groups in total. The molecule has 0 bridgehead atoms. The molecule has 4 aromatic heterocycles. The molecular formula is C18H20N8O. The summed E-state index contributed by atoms with van der Waals surface area (Å²) in [7, 11) is 1.98. The number of H-pyrrole nitrogens is 2. The van der Waals surface area contributed by atoms with E-state index in [1.807, 2.05) is 23.9 Å². The van der Waals surface area contributed by atoms with Crippen LogP contribution in [0.5, 0.6) is 0 Å². The number of pyridine rings is 1. The van der Waals surface area contributed by atoms with Crippen molar-refractivity contribution in [3.05, 3.63) is 30.9 Å². The van der Waals surface area contributed by atoms with Crippen LogP contribution in [0.2, 0.25) is 0 Å². The first-order chi connectivity index (χ1) is 13.2. The average Bonchev–Trinajstić information content (AvgIpc) is 3.41. The predicted octanol–water partition coefficient (Wildman–Crippen LogP) is 1.97. The molecule has 1 aliphatic rings. The average molecular weight is 364 g/mol. The maximum Gasteiger partial charge on any atom is 0.130 e. The fourth-order valence-corrected chi connectivity index (χ4v) is 3.59. The maximum atomic E-state index is 5.59. The zero-order chi connectivity index (χ0) is 18.4. The minimum Gasteiger partial charge on any atom is -0.377 e. The fraction of sp³-hybridized carbons (Fsp3) is 0.333. The molecule has 0 unspecified atom stereocenters. The highest BCUT2D eigenvalue weighted by molar-refractivity contribution is 5.99. The number of morpholine rings is 1. The summed E-state index contributed by atoms with van der Waals surface area (Å²) in [5, 5.41) is 14.7.